The largest absolute Gasteiger partial charge is 0.397 e. The second-order valence-corrected chi connectivity index (χ2v) is 4.53. The number of nitrogens with zero attached hydrogens (tertiary/aromatic N) is 3. The summed E-state index contributed by atoms with van der Waals surface area (Å²) in [6.45, 7) is 0. The molecule has 17 heavy (non-hydrogen) atoms. The Balaban J connectivity index is 2.22. The van der Waals surface area contributed by atoms with E-state index in [1.165, 1.54) is 0 Å². The molecule has 84 valence electrons. The number of nitrogens with two attached hydrogens (primary N) is 1. The van der Waals surface area contributed by atoms with E-state index in [4.69, 9.17) is 5.73 Å². The number of anilines is 1. The van der Waals surface area contributed by atoms with Crippen molar-refractivity contribution in [2.24, 2.45) is 0 Å². The van der Waals surface area contributed by atoms with E-state index < -0.39 is 0 Å². The normalized spacial score (nSPS) is 10.9. The summed E-state index contributed by atoms with van der Waals surface area (Å²) < 4.78 is 2.66. The smallest absolute Gasteiger partial charge is 0.183 e. The van der Waals surface area contributed by atoms with Gasteiger partial charge in [0.05, 0.1) is 11.9 Å². The highest BCUT2D eigenvalue weighted by molar-refractivity contribution is 9.10. The van der Waals surface area contributed by atoms with Gasteiger partial charge in [-0.05, 0) is 24.3 Å². The van der Waals surface area contributed by atoms with Crippen LogP contribution in [0, 0.1) is 0 Å². The molecular formula is C12H9BrN4. The molecule has 3 aromatic rings. The standard InChI is InChI=1S/C12H9BrN4/c13-10-4-2-1-3-9(10)12-15-11-6-5-8(14)7-17(11)16-12/h1-7H,14H2. The van der Waals surface area contributed by atoms with Crippen molar-refractivity contribution in [3.8, 4) is 11.4 Å². The van der Waals surface area contributed by atoms with Gasteiger partial charge in [-0.3, -0.25) is 0 Å². The molecular weight excluding hydrogens is 280 g/mol. The fourth-order valence-corrected chi connectivity index (χ4v) is 2.12. The zero-order valence-corrected chi connectivity index (χ0v) is 10.4. The van der Waals surface area contributed by atoms with Crippen molar-refractivity contribution in [3.05, 3.63) is 47.1 Å². The first-order chi connectivity index (χ1) is 8.24. The van der Waals surface area contributed by atoms with Crippen LogP contribution in [0.5, 0.6) is 0 Å². The van der Waals surface area contributed by atoms with Crippen LogP contribution in [-0.2, 0) is 0 Å². The molecule has 0 bridgehead atoms. The first-order valence-corrected chi connectivity index (χ1v) is 5.90. The first-order valence-electron chi connectivity index (χ1n) is 5.11. The lowest BCUT2D eigenvalue weighted by Gasteiger charge is -1.96. The third kappa shape index (κ3) is 1.78. The Hall–Kier alpha value is -1.88. The monoisotopic (exact) mass is 288 g/mol. The summed E-state index contributed by atoms with van der Waals surface area (Å²) in [6, 6.07) is 11.5. The van der Waals surface area contributed by atoms with E-state index in [-0.39, 0.29) is 0 Å². The van der Waals surface area contributed by atoms with Gasteiger partial charge in [0.2, 0.25) is 0 Å². The summed E-state index contributed by atoms with van der Waals surface area (Å²) in [6.07, 6.45) is 1.75. The number of aromatic nitrogens is 3. The Kier molecular flexibility index (Phi) is 2.33. The van der Waals surface area contributed by atoms with Crippen LogP contribution in [0.3, 0.4) is 0 Å². The number of hydrogen-bond donors (Lipinski definition) is 1. The maximum atomic E-state index is 5.70. The molecule has 5 heteroatoms. The first kappa shape index (κ1) is 10.3. The molecule has 0 fully saturated rings. The molecule has 0 atom stereocenters. The molecule has 0 amide bonds. The number of pyridine rings is 1. The molecule has 1 aromatic carbocycles. The fourth-order valence-electron chi connectivity index (χ4n) is 1.66. The van der Waals surface area contributed by atoms with Gasteiger partial charge in [-0.25, -0.2) is 9.50 Å². The predicted molar refractivity (Wildman–Crippen MR) is 70.5 cm³/mol. The SMILES string of the molecule is Nc1ccc2nc(-c3ccccc3Br)nn2c1. The van der Waals surface area contributed by atoms with Crippen LogP contribution in [0.1, 0.15) is 0 Å². The molecule has 0 radical (unpaired) electrons. The molecule has 3 rings (SSSR count). The van der Waals surface area contributed by atoms with Crippen molar-refractivity contribution in [1.82, 2.24) is 14.6 Å². The second kappa shape index (κ2) is 3.85. The molecule has 0 aliphatic rings. The molecule has 0 saturated carbocycles. The Morgan fingerprint density at radius 2 is 1.94 bits per heavy atom. The zero-order valence-electron chi connectivity index (χ0n) is 8.84. The third-order valence-electron chi connectivity index (χ3n) is 2.47. The average Bonchev–Trinajstić information content (AvgIpc) is 2.72. The van der Waals surface area contributed by atoms with E-state index in [9.17, 15) is 0 Å². The van der Waals surface area contributed by atoms with E-state index >= 15 is 0 Å². The highest BCUT2D eigenvalue weighted by Gasteiger charge is 2.08. The summed E-state index contributed by atoms with van der Waals surface area (Å²) in [4.78, 5) is 4.45. The lowest BCUT2D eigenvalue weighted by Crippen LogP contribution is -1.91. The quantitative estimate of drug-likeness (QED) is 0.749. The Morgan fingerprint density at radius 3 is 2.76 bits per heavy atom. The highest BCUT2D eigenvalue weighted by atomic mass is 79.9. The van der Waals surface area contributed by atoms with Crippen LogP contribution in [-0.4, -0.2) is 14.6 Å². The van der Waals surface area contributed by atoms with Crippen LogP contribution in [0.4, 0.5) is 5.69 Å². The van der Waals surface area contributed by atoms with Gasteiger partial charge in [-0.1, -0.05) is 28.1 Å². The second-order valence-electron chi connectivity index (χ2n) is 3.68. The maximum Gasteiger partial charge on any atom is 0.183 e. The van der Waals surface area contributed by atoms with Crippen LogP contribution in [0.15, 0.2) is 47.1 Å². The van der Waals surface area contributed by atoms with Gasteiger partial charge < -0.3 is 5.73 Å². The van der Waals surface area contributed by atoms with Gasteiger partial charge in [0.1, 0.15) is 0 Å². The zero-order chi connectivity index (χ0) is 11.8. The number of halogens is 1. The number of fused-ring (bicyclic) bond motifs is 1. The number of rotatable bonds is 1. The van der Waals surface area contributed by atoms with Crippen LogP contribution < -0.4 is 5.73 Å². The van der Waals surface area contributed by atoms with Crippen molar-refractivity contribution in [1.29, 1.82) is 0 Å². The summed E-state index contributed by atoms with van der Waals surface area (Å²) in [5.41, 5.74) is 8.12. The van der Waals surface area contributed by atoms with Gasteiger partial charge in [0.25, 0.3) is 0 Å². The highest BCUT2D eigenvalue weighted by Crippen LogP contribution is 2.25. The van der Waals surface area contributed by atoms with Crippen molar-refractivity contribution in [2.75, 3.05) is 5.73 Å². The molecule has 4 nitrogen and oxygen atoms in total. The third-order valence-corrected chi connectivity index (χ3v) is 3.16. The van der Waals surface area contributed by atoms with Gasteiger partial charge in [-0.15, -0.1) is 5.10 Å². The van der Waals surface area contributed by atoms with Gasteiger partial charge in [0.15, 0.2) is 11.5 Å². The summed E-state index contributed by atoms with van der Waals surface area (Å²) >= 11 is 3.49. The van der Waals surface area contributed by atoms with Gasteiger partial charge in [0, 0.05) is 10.0 Å². The topological polar surface area (TPSA) is 56.2 Å². The molecule has 2 aromatic heterocycles. The number of benzene rings is 1. The Bertz CT molecular complexity index is 690. The number of hydrogen-bond acceptors (Lipinski definition) is 3. The van der Waals surface area contributed by atoms with Crippen LogP contribution in [0.2, 0.25) is 0 Å². The average molecular weight is 289 g/mol. The molecule has 0 aliphatic heterocycles. The minimum Gasteiger partial charge on any atom is -0.397 e. The van der Waals surface area contributed by atoms with E-state index in [1.54, 1.807) is 10.7 Å². The van der Waals surface area contributed by atoms with E-state index in [2.05, 4.69) is 26.0 Å². The van der Waals surface area contributed by atoms with Crippen molar-refractivity contribution in [3.63, 3.8) is 0 Å². The predicted octanol–water partition coefficient (Wildman–Crippen LogP) is 2.74. The minimum absolute atomic E-state index is 0.668. The Morgan fingerprint density at radius 1 is 1.12 bits per heavy atom. The maximum absolute atomic E-state index is 5.70. The van der Waals surface area contributed by atoms with Gasteiger partial charge >= 0.3 is 0 Å². The molecule has 0 aliphatic carbocycles. The molecule has 2 heterocycles. The van der Waals surface area contributed by atoms with E-state index in [1.807, 2.05) is 36.4 Å². The fraction of sp³-hybridized carbons (Fsp3) is 0. The van der Waals surface area contributed by atoms with E-state index in [0.29, 0.717) is 11.5 Å². The van der Waals surface area contributed by atoms with Gasteiger partial charge in [-0.2, -0.15) is 0 Å². The molecule has 0 saturated heterocycles. The van der Waals surface area contributed by atoms with Crippen molar-refractivity contribution >= 4 is 27.3 Å². The van der Waals surface area contributed by atoms with Crippen LogP contribution in [0.25, 0.3) is 17.0 Å². The summed E-state index contributed by atoms with van der Waals surface area (Å²) in [7, 11) is 0. The van der Waals surface area contributed by atoms with Crippen molar-refractivity contribution in [2.45, 2.75) is 0 Å². The number of nitrogen functional groups attached to an aromatic ring is 1. The molecule has 0 spiro atoms. The van der Waals surface area contributed by atoms with Crippen molar-refractivity contribution < 1.29 is 0 Å². The molecule has 2 N–H and O–H groups in total. The molecule has 0 unspecified atom stereocenters. The lowest BCUT2D eigenvalue weighted by atomic mass is 10.2. The lowest BCUT2D eigenvalue weighted by molar-refractivity contribution is 0.968. The van der Waals surface area contributed by atoms with E-state index in [0.717, 1.165) is 15.7 Å². The summed E-state index contributed by atoms with van der Waals surface area (Å²) in [5.74, 6) is 0.683. The Labute approximate surface area is 106 Å². The minimum atomic E-state index is 0.668. The summed E-state index contributed by atoms with van der Waals surface area (Å²) in [5, 5.41) is 4.40. The van der Waals surface area contributed by atoms with Crippen LogP contribution >= 0.6 is 15.9 Å².